The molecule has 3 unspecified atom stereocenters. The lowest BCUT2D eigenvalue weighted by molar-refractivity contribution is -0.123. The first-order valence-corrected chi connectivity index (χ1v) is 6.68. The van der Waals surface area contributed by atoms with E-state index in [4.69, 9.17) is 0 Å². The van der Waals surface area contributed by atoms with E-state index < -0.39 is 0 Å². The number of nitrogens with one attached hydrogen (secondary N) is 2. The van der Waals surface area contributed by atoms with Crippen LogP contribution in [0, 0.1) is 0 Å². The van der Waals surface area contributed by atoms with Crippen molar-refractivity contribution in [3.63, 3.8) is 0 Å². The molecule has 1 aliphatic carbocycles. The van der Waals surface area contributed by atoms with Gasteiger partial charge in [-0.3, -0.25) is 9.69 Å². The lowest BCUT2D eigenvalue weighted by Gasteiger charge is -2.18. The minimum atomic E-state index is -0.364. The van der Waals surface area contributed by atoms with E-state index in [2.05, 4.69) is 15.5 Å². The van der Waals surface area contributed by atoms with Crippen LogP contribution in [-0.4, -0.2) is 59.8 Å². The minimum Gasteiger partial charge on any atom is -0.392 e. The zero-order valence-corrected chi connectivity index (χ0v) is 12.5. The summed E-state index contributed by atoms with van der Waals surface area (Å²) >= 11 is 0. The third kappa shape index (κ3) is 4.20. The summed E-state index contributed by atoms with van der Waals surface area (Å²) < 4.78 is 0. The summed E-state index contributed by atoms with van der Waals surface area (Å²) in [6, 6.07) is 0.908. The average molecular weight is 312 g/mol. The Kier molecular flexibility index (Phi) is 6.33. The van der Waals surface area contributed by atoms with E-state index in [1.807, 2.05) is 0 Å². The number of carbonyl (C=O) groups excluding carboxylic acids is 1. The highest BCUT2D eigenvalue weighted by Gasteiger charge is 2.36. The lowest BCUT2D eigenvalue weighted by atomic mass is 10.1. The topological polar surface area (TPSA) is 64.6 Å². The molecule has 0 spiro atoms. The molecule has 3 atom stereocenters. The second kappa shape index (κ2) is 7.09. The van der Waals surface area contributed by atoms with Crippen molar-refractivity contribution in [2.75, 3.05) is 19.6 Å². The molecule has 5 nitrogen and oxygen atoms in total. The molecule has 2 heterocycles. The van der Waals surface area contributed by atoms with Crippen LogP contribution in [0.4, 0.5) is 0 Å². The Bertz CT molecular complexity index is 315. The molecule has 3 N–H and O–H groups in total. The minimum absolute atomic E-state index is 0. The summed E-state index contributed by atoms with van der Waals surface area (Å²) in [5.41, 5.74) is 0. The molecule has 1 saturated carbocycles. The molecule has 3 rings (SSSR count). The molecule has 0 aromatic heterocycles. The van der Waals surface area contributed by atoms with Gasteiger partial charge in [-0.25, -0.2) is 0 Å². The molecule has 2 aliphatic heterocycles. The number of hydrogen-bond acceptors (Lipinski definition) is 4. The van der Waals surface area contributed by atoms with Gasteiger partial charge in [0.1, 0.15) is 0 Å². The largest absolute Gasteiger partial charge is 0.392 e. The Morgan fingerprint density at radius 3 is 2.58 bits per heavy atom. The van der Waals surface area contributed by atoms with Crippen molar-refractivity contribution < 1.29 is 9.90 Å². The monoisotopic (exact) mass is 311 g/mol. The second-order valence-corrected chi connectivity index (χ2v) is 5.57. The maximum absolute atomic E-state index is 11.9. The predicted molar refractivity (Wildman–Crippen MR) is 78.1 cm³/mol. The Morgan fingerprint density at radius 1 is 1.26 bits per heavy atom. The van der Waals surface area contributed by atoms with Gasteiger partial charge in [0, 0.05) is 31.7 Å². The van der Waals surface area contributed by atoms with Crippen LogP contribution in [0.25, 0.3) is 0 Å². The molecule has 1 amide bonds. The number of likely N-dealkylation sites (tertiary alicyclic amines) is 1. The zero-order chi connectivity index (χ0) is 11.8. The van der Waals surface area contributed by atoms with Crippen LogP contribution < -0.4 is 10.6 Å². The first-order chi connectivity index (χ1) is 8.22. The number of hydrogen-bond donors (Lipinski definition) is 3. The standard InChI is InChI=1S/C12H21N3O2.2ClH/c16-10-5-11(13-6-10)12(17)14-8-3-4-15(7-8)9-1-2-9;;/h8-11,13,16H,1-7H2,(H,14,17);2*1H. The fourth-order valence-corrected chi connectivity index (χ4v) is 2.90. The van der Waals surface area contributed by atoms with Gasteiger partial charge in [-0.1, -0.05) is 0 Å². The van der Waals surface area contributed by atoms with Gasteiger partial charge < -0.3 is 15.7 Å². The van der Waals surface area contributed by atoms with Gasteiger partial charge in [-0.15, -0.1) is 24.8 Å². The number of β-amino-alcohol motifs (C(OH)–C–C–N with tert-alkyl or cyclic N) is 1. The van der Waals surface area contributed by atoms with Crippen molar-refractivity contribution in [3.8, 4) is 0 Å². The van der Waals surface area contributed by atoms with Crippen molar-refractivity contribution in [3.05, 3.63) is 0 Å². The molecule has 7 heteroatoms. The van der Waals surface area contributed by atoms with Crippen LogP contribution in [0.3, 0.4) is 0 Å². The second-order valence-electron chi connectivity index (χ2n) is 5.57. The highest BCUT2D eigenvalue weighted by atomic mass is 35.5. The number of rotatable bonds is 3. The number of nitrogens with zero attached hydrogens (tertiary/aromatic N) is 1. The van der Waals surface area contributed by atoms with E-state index in [1.54, 1.807) is 0 Å². The van der Waals surface area contributed by atoms with Crippen LogP contribution in [0.1, 0.15) is 25.7 Å². The van der Waals surface area contributed by atoms with Crippen molar-refractivity contribution >= 4 is 30.7 Å². The lowest BCUT2D eigenvalue weighted by Crippen LogP contribution is -2.46. The maximum Gasteiger partial charge on any atom is 0.237 e. The highest BCUT2D eigenvalue weighted by Crippen LogP contribution is 2.29. The van der Waals surface area contributed by atoms with E-state index in [0.717, 1.165) is 25.6 Å². The van der Waals surface area contributed by atoms with Crippen molar-refractivity contribution in [2.24, 2.45) is 0 Å². The van der Waals surface area contributed by atoms with Crippen LogP contribution in [0.5, 0.6) is 0 Å². The van der Waals surface area contributed by atoms with E-state index >= 15 is 0 Å². The van der Waals surface area contributed by atoms with Crippen LogP contribution in [-0.2, 0) is 4.79 Å². The van der Waals surface area contributed by atoms with Crippen LogP contribution >= 0.6 is 24.8 Å². The average Bonchev–Trinajstić information content (AvgIpc) is 2.90. The maximum atomic E-state index is 11.9. The number of amides is 1. The number of halogens is 2. The summed E-state index contributed by atoms with van der Waals surface area (Å²) in [7, 11) is 0. The third-order valence-corrected chi connectivity index (χ3v) is 4.05. The van der Waals surface area contributed by atoms with Gasteiger partial charge in [-0.05, 0) is 25.7 Å². The fraction of sp³-hybridized carbons (Fsp3) is 0.917. The van der Waals surface area contributed by atoms with Crippen LogP contribution in [0.2, 0.25) is 0 Å². The Labute approximate surface area is 126 Å². The van der Waals surface area contributed by atoms with E-state index in [9.17, 15) is 9.90 Å². The normalized spacial score (nSPS) is 34.5. The van der Waals surface area contributed by atoms with Crippen molar-refractivity contribution in [1.29, 1.82) is 0 Å². The van der Waals surface area contributed by atoms with Crippen molar-refractivity contribution in [1.82, 2.24) is 15.5 Å². The smallest absolute Gasteiger partial charge is 0.237 e. The van der Waals surface area contributed by atoms with Gasteiger partial charge in [0.05, 0.1) is 12.1 Å². The Morgan fingerprint density at radius 2 is 2.00 bits per heavy atom. The summed E-state index contributed by atoms with van der Waals surface area (Å²) in [5.74, 6) is 0.0594. The fourth-order valence-electron chi connectivity index (χ4n) is 2.90. The summed E-state index contributed by atoms with van der Waals surface area (Å²) in [4.78, 5) is 14.4. The number of aliphatic hydroxyl groups excluding tert-OH is 1. The molecule has 3 fully saturated rings. The Balaban J connectivity index is 0.000000902. The van der Waals surface area contributed by atoms with Gasteiger partial charge in [0.2, 0.25) is 5.91 Å². The molecule has 0 aromatic rings. The van der Waals surface area contributed by atoms with Crippen molar-refractivity contribution in [2.45, 2.75) is 49.9 Å². The first kappa shape index (κ1) is 17.0. The highest BCUT2D eigenvalue weighted by molar-refractivity contribution is 5.85. The summed E-state index contributed by atoms with van der Waals surface area (Å²) in [6.07, 6.45) is 3.91. The van der Waals surface area contributed by atoms with E-state index in [1.165, 1.54) is 12.8 Å². The molecule has 112 valence electrons. The van der Waals surface area contributed by atoms with Gasteiger partial charge in [0.15, 0.2) is 0 Å². The quantitative estimate of drug-likeness (QED) is 0.681. The SMILES string of the molecule is Cl.Cl.O=C(NC1CCN(C2CC2)C1)C1CC(O)CN1. The number of carbonyl (C=O) groups is 1. The number of aliphatic hydroxyl groups is 1. The molecular weight excluding hydrogens is 289 g/mol. The van der Waals surface area contributed by atoms with E-state index in [-0.39, 0.29) is 42.9 Å². The third-order valence-electron chi connectivity index (χ3n) is 4.05. The first-order valence-electron chi connectivity index (χ1n) is 6.68. The molecule has 2 saturated heterocycles. The predicted octanol–water partition coefficient (Wildman–Crippen LogP) is -0.0943. The Hall–Kier alpha value is -0.0700. The molecule has 3 aliphatic rings. The zero-order valence-electron chi connectivity index (χ0n) is 10.9. The molecule has 19 heavy (non-hydrogen) atoms. The molecule has 0 bridgehead atoms. The van der Waals surface area contributed by atoms with Gasteiger partial charge in [0.25, 0.3) is 0 Å². The van der Waals surface area contributed by atoms with Gasteiger partial charge in [-0.2, -0.15) is 0 Å². The summed E-state index contributed by atoms with van der Waals surface area (Å²) in [5, 5.41) is 15.5. The van der Waals surface area contributed by atoms with Crippen LogP contribution in [0.15, 0.2) is 0 Å². The molecular formula is C12H23Cl2N3O2. The summed E-state index contributed by atoms with van der Waals surface area (Å²) in [6.45, 7) is 2.67. The molecule has 0 radical (unpaired) electrons. The van der Waals surface area contributed by atoms with E-state index in [0.29, 0.717) is 19.0 Å². The molecule has 0 aromatic carbocycles. The van der Waals surface area contributed by atoms with Gasteiger partial charge >= 0.3 is 0 Å².